The fourth-order valence-corrected chi connectivity index (χ4v) is 3.62. The van der Waals surface area contributed by atoms with Crippen LogP contribution in [0.1, 0.15) is 26.7 Å². The molecule has 0 saturated carbocycles. The molecule has 12 nitrogen and oxygen atoms in total. The van der Waals surface area contributed by atoms with Gasteiger partial charge in [-0.1, -0.05) is 23.3 Å². The monoisotopic (exact) mass is 467 g/mol. The van der Waals surface area contributed by atoms with Crippen molar-refractivity contribution in [2.45, 2.75) is 26.7 Å². The molecule has 170 valence electrons. The zero-order chi connectivity index (χ0) is 22.1. The third-order valence-electron chi connectivity index (χ3n) is 3.56. The van der Waals surface area contributed by atoms with Crippen LogP contribution >= 0.6 is 15.6 Å². The Kier molecular flexibility index (Phi) is 11.9. The molecule has 0 aliphatic heterocycles. The number of phosphoric ester groups is 1. The van der Waals surface area contributed by atoms with Crippen LogP contribution in [0.4, 0.5) is 11.4 Å². The highest BCUT2D eigenvalue weighted by atomic mass is 31.3. The molecular formula is C16H27N3O9P2. The maximum absolute atomic E-state index is 11.3. The van der Waals surface area contributed by atoms with Gasteiger partial charge in [-0.2, -0.15) is 4.31 Å². The van der Waals surface area contributed by atoms with Crippen molar-refractivity contribution >= 4 is 27.0 Å². The highest BCUT2D eigenvalue weighted by molar-refractivity contribution is 7.60. The fourth-order valence-electron chi connectivity index (χ4n) is 2.09. The molecule has 0 aromatic heterocycles. The van der Waals surface area contributed by atoms with Crippen LogP contribution < -0.4 is 11.5 Å². The third-order valence-corrected chi connectivity index (χ3v) is 5.71. The Bertz CT molecular complexity index is 850. The molecule has 0 radical (unpaired) electrons. The van der Waals surface area contributed by atoms with Crippen molar-refractivity contribution in [2.75, 3.05) is 18.5 Å². The first-order valence-electron chi connectivity index (χ1n) is 8.42. The summed E-state index contributed by atoms with van der Waals surface area (Å²) in [6, 6.07) is 6.12. The van der Waals surface area contributed by atoms with Gasteiger partial charge in [-0.25, -0.2) is 9.13 Å². The van der Waals surface area contributed by atoms with Crippen LogP contribution in [0.3, 0.4) is 0 Å². The summed E-state index contributed by atoms with van der Waals surface area (Å²) in [5.74, 6) is 0. The molecular weight excluding hydrogens is 440 g/mol. The fraction of sp³-hybridized carbons (Fsp3) is 0.375. The third kappa shape index (κ3) is 12.6. The number of non-ortho nitro benzene ring substituents is 1. The average molecular weight is 467 g/mol. The second kappa shape index (κ2) is 12.7. The van der Waals surface area contributed by atoms with Gasteiger partial charge in [0.2, 0.25) is 0 Å². The van der Waals surface area contributed by atoms with Crippen LogP contribution in [0.15, 0.2) is 47.6 Å². The summed E-state index contributed by atoms with van der Waals surface area (Å²) in [5.41, 5.74) is 2.71. The lowest BCUT2D eigenvalue weighted by Gasteiger charge is -2.11. The molecule has 1 unspecified atom stereocenters. The first-order valence-corrected chi connectivity index (χ1v) is 11.4. The van der Waals surface area contributed by atoms with E-state index in [0.717, 1.165) is 16.8 Å². The highest BCUT2D eigenvalue weighted by Gasteiger charge is 2.31. The van der Waals surface area contributed by atoms with E-state index in [9.17, 15) is 19.2 Å². The Balaban J connectivity index is 0.00000841. The number of hydrogen-bond donors (Lipinski definition) is 5. The number of nitrogens with zero attached hydrogens (tertiary/aromatic N) is 1. The topological polar surface area (TPSA) is 203 Å². The number of phosphoric acid groups is 2. The Morgan fingerprint density at radius 1 is 1.13 bits per heavy atom. The first-order chi connectivity index (χ1) is 13.4. The Morgan fingerprint density at radius 3 is 2.27 bits per heavy atom. The van der Waals surface area contributed by atoms with Crippen LogP contribution in [0.25, 0.3) is 0 Å². The van der Waals surface area contributed by atoms with Crippen molar-refractivity contribution in [2.24, 2.45) is 0 Å². The average Bonchev–Trinajstić information content (AvgIpc) is 2.58. The number of nitro groups is 1. The van der Waals surface area contributed by atoms with Gasteiger partial charge in [0.1, 0.15) is 0 Å². The van der Waals surface area contributed by atoms with E-state index in [1.807, 2.05) is 13.0 Å². The zero-order valence-electron chi connectivity index (χ0n) is 16.6. The summed E-state index contributed by atoms with van der Waals surface area (Å²) in [4.78, 5) is 36.3. The smallest absolute Gasteiger partial charge is 0.381 e. The molecule has 14 heteroatoms. The quantitative estimate of drug-likeness (QED) is 0.128. The lowest BCUT2D eigenvalue weighted by Crippen LogP contribution is -2.02. The first kappa shape index (κ1) is 28.1. The van der Waals surface area contributed by atoms with Crippen molar-refractivity contribution in [3.05, 3.63) is 57.7 Å². The van der Waals surface area contributed by atoms with Gasteiger partial charge in [-0.3, -0.25) is 14.6 Å². The number of hydrogen-bond acceptors (Lipinski definition) is 8. The van der Waals surface area contributed by atoms with Gasteiger partial charge in [-0.15, -0.1) is 0 Å². The lowest BCUT2D eigenvalue weighted by atomic mass is 10.1. The van der Waals surface area contributed by atoms with Crippen molar-refractivity contribution in [1.82, 2.24) is 6.15 Å². The van der Waals surface area contributed by atoms with Crippen LogP contribution in [0.5, 0.6) is 0 Å². The van der Waals surface area contributed by atoms with Crippen molar-refractivity contribution in [3.8, 4) is 0 Å². The SMILES string of the molecule is C/C(=C\COP(=O)(O)OP(=O)(O)O)CC/C=C(\C)CNc1ccc([N+](=O)[O-])cc1.N. The summed E-state index contributed by atoms with van der Waals surface area (Å²) >= 11 is 0. The van der Waals surface area contributed by atoms with Gasteiger partial charge < -0.3 is 26.1 Å². The molecule has 0 amide bonds. The summed E-state index contributed by atoms with van der Waals surface area (Å²) in [6.07, 6.45) is 4.87. The van der Waals surface area contributed by atoms with E-state index in [4.69, 9.17) is 14.7 Å². The summed E-state index contributed by atoms with van der Waals surface area (Å²) in [5, 5.41) is 13.8. The highest BCUT2D eigenvalue weighted by Crippen LogP contribution is 2.57. The maximum Gasteiger partial charge on any atom is 0.481 e. The van der Waals surface area contributed by atoms with E-state index in [-0.39, 0.29) is 18.4 Å². The summed E-state index contributed by atoms with van der Waals surface area (Å²) in [6.45, 7) is 3.96. The van der Waals surface area contributed by atoms with E-state index >= 15 is 0 Å². The van der Waals surface area contributed by atoms with E-state index in [0.29, 0.717) is 19.4 Å². The molecule has 0 spiro atoms. The predicted octanol–water partition coefficient (Wildman–Crippen LogP) is 4.07. The number of benzene rings is 1. The van der Waals surface area contributed by atoms with Crippen molar-refractivity contribution in [3.63, 3.8) is 0 Å². The molecule has 0 aliphatic carbocycles. The second-order valence-electron chi connectivity index (χ2n) is 6.13. The molecule has 0 saturated heterocycles. The Labute approximate surface area is 174 Å². The maximum atomic E-state index is 11.3. The van der Waals surface area contributed by atoms with Gasteiger partial charge in [0.05, 0.1) is 11.5 Å². The van der Waals surface area contributed by atoms with Gasteiger partial charge in [0.15, 0.2) is 0 Å². The van der Waals surface area contributed by atoms with Gasteiger partial charge in [0, 0.05) is 24.4 Å². The molecule has 30 heavy (non-hydrogen) atoms. The molecule has 0 bridgehead atoms. The van der Waals surface area contributed by atoms with Crippen LogP contribution in [0.2, 0.25) is 0 Å². The normalized spacial score (nSPS) is 14.6. The van der Waals surface area contributed by atoms with Crippen LogP contribution in [0, 0.1) is 10.1 Å². The standard InChI is InChI=1S/C16H24N2O9P2.H3N/c1-13(10-11-26-29(24,25)27-28(21,22)23)4-3-5-14(2)12-17-15-6-8-16(9-7-15)18(19)20;/h5-10,17H,3-4,11-12H2,1-2H3,(H,24,25)(H2,21,22,23);1H3/b13-10+,14-5+;. The Morgan fingerprint density at radius 2 is 1.73 bits per heavy atom. The number of nitrogens with one attached hydrogen (secondary N) is 1. The van der Waals surface area contributed by atoms with Gasteiger partial charge in [0.25, 0.3) is 5.69 Å². The zero-order valence-corrected chi connectivity index (χ0v) is 18.4. The Hall–Kier alpha value is -1.88. The van der Waals surface area contributed by atoms with Crippen molar-refractivity contribution < 1.29 is 37.6 Å². The van der Waals surface area contributed by atoms with E-state index in [1.54, 1.807) is 19.1 Å². The molecule has 1 rings (SSSR count). The molecule has 1 aromatic rings. The number of nitro benzene ring substituents is 1. The van der Waals surface area contributed by atoms with E-state index in [2.05, 4.69) is 14.2 Å². The number of anilines is 1. The second-order valence-corrected chi connectivity index (χ2v) is 8.96. The lowest BCUT2D eigenvalue weighted by molar-refractivity contribution is -0.384. The van der Waals surface area contributed by atoms with Crippen LogP contribution in [-0.4, -0.2) is 32.8 Å². The molecule has 0 aliphatic rings. The van der Waals surface area contributed by atoms with Crippen molar-refractivity contribution in [1.29, 1.82) is 0 Å². The van der Waals surface area contributed by atoms with E-state index in [1.165, 1.54) is 18.2 Å². The van der Waals surface area contributed by atoms with Gasteiger partial charge >= 0.3 is 15.6 Å². The molecule has 1 aromatic carbocycles. The minimum Gasteiger partial charge on any atom is -0.381 e. The largest absolute Gasteiger partial charge is 0.481 e. The molecule has 7 N–H and O–H groups in total. The van der Waals surface area contributed by atoms with Gasteiger partial charge in [-0.05, 0) is 38.8 Å². The van der Waals surface area contributed by atoms with Crippen LogP contribution in [-0.2, 0) is 18.0 Å². The number of allylic oxidation sites excluding steroid dienone is 2. The molecule has 1 atom stereocenters. The molecule has 0 heterocycles. The van der Waals surface area contributed by atoms with E-state index < -0.39 is 20.6 Å². The number of rotatable bonds is 12. The minimum absolute atomic E-state index is 0. The molecule has 0 fully saturated rings. The minimum atomic E-state index is -5.12. The summed E-state index contributed by atoms with van der Waals surface area (Å²) in [7, 11) is -9.94. The predicted molar refractivity (Wildman–Crippen MR) is 112 cm³/mol. The summed E-state index contributed by atoms with van der Waals surface area (Å²) < 4.78 is 30.0.